The maximum atomic E-state index is 12.2. The van der Waals surface area contributed by atoms with Gasteiger partial charge in [-0.05, 0) is 55.3 Å². The SMILES string of the molecule is C[C@@H](NCC(=O)Nc1ccc(N2CCCC2=O)cc1)c1ccc(Cl)c(Cl)c1. The molecule has 1 aliphatic rings. The maximum absolute atomic E-state index is 12.2. The van der Waals surface area contributed by atoms with Gasteiger partial charge in [0.25, 0.3) is 0 Å². The Morgan fingerprint density at radius 2 is 1.89 bits per heavy atom. The molecule has 1 saturated heterocycles. The number of carbonyl (C=O) groups is 2. The largest absolute Gasteiger partial charge is 0.325 e. The fourth-order valence-corrected chi connectivity index (χ4v) is 3.30. The Balaban J connectivity index is 1.51. The molecular weight excluding hydrogens is 385 g/mol. The summed E-state index contributed by atoms with van der Waals surface area (Å²) in [4.78, 5) is 25.7. The Hall–Kier alpha value is -2.08. The van der Waals surface area contributed by atoms with E-state index in [9.17, 15) is 9.59 Å². The molecule has 0 radical (unpaired) electrons. The standard InChI is InChI=1S/C20H21Cl2N3O2/c1-13(14-4-9-17(21)18(22)11-14)23-12-19(26)24-15-5-7-16(8-6-15)25-10-2-3-20(25)27/h4-9,11,13,23H,2-3,10,12H2,1H3,(H,24,26)/t13-/m1/s1. The lowest BCUT2D eigenvalue weighted by Gasteiger charge is -2.17. The first-order chi connectivity index (χ1) is 12.9. The van der Waals surface area contributed by atoms with Crippen LogP contribution < -0.4 is 15.5 Å². The van der Waals surface area contributed by atoms with Gasteiger partial charge in [-0.1, -0.05) is 29.3 Å². The number of benzene rings is 2. The van der Waals surface area contributed by atoms with E-state index in [2.05, 4.69) is 10.6 Å². The van der Waals surface area contributed by atoms with Gasteiger partial charge in [0, 0.05) is 30.4 Å². The third-order valence-corrected chi connectivity index (χ3v) is 5.29. The number of nitrogens with zero attached hydrogens (tertiary/aromatic N) is 1. The normalized spacial score (nSPS) is 15.1. The van der Waals surface area contributed by atoms with Crippen molar-refractivity contribution >= 4 is 46.4 Å². The van der Waals surface area contributed by atoms with Crippen molar-refractivity contribution in [1.29, 1.82) is 0 Å². The monoisotopic (exact) mass is 405 g/mol. The predicted molar refractivity (Wildman–Crippen MR) is 110 cm³/mol. The first-order valence-corrected chi connectivity index (χ1v) is 9.58. The van der Waals surface area contributed by atoms with Crippen LogP contribution in [0.15, 0.2) is 42.5 Å². The van der Waals surface area contributed by atoms with E-state index in [0.29, 0.717) is 22.2 Å². The van der Waals surface area contributed by atoms with Crippen molar-refractivity contribution in [3.8, 4) is 0 Å². The van der Waals surface area contributed by atoms with Crippen LogP contribution in [0.1, 0.15) is 31.4 Å². The van der Waals surface area contributed by atoms with Gasteiger partial charge < -0.3 is 15.5 Å². The number of hydrogen-bond acceptors (Lipinski definition) is 3. The zero-order valence-corrected chi connectivity index (χ0v) is 16.5. The molecule has 5 nitrogen and oxygen atoms in total. The highest BCUT2D eigenvalue weighted by atomic mass is 35.5. The minimum Gasteiger partial charge on any atom is -0.325 e. The van der Waals surface area contributed by atoms with Crippen LogP contribution in [-0.2, 0) is 9.59 Å². The topological polar surface area (TPSA) is 61.4 Å². The van der Waals surface area contributed by atoms with Crippen LogP contribution in [0.2, 0.25) is 10.0 Å². The van der Waals surface area contributed by atoms with E-state index in [0.717, 1.165) is 24.2 Å². The molecule has 0 aromatic heterocycles. The molecular formula is C20H21Cl2N3O2. The lowest BCUT2D eigenvalue weighted by atomic mass is 10.1. The number of anilines is 2. The summed E-state index contributed by atoms with van der Waals surface area (Å²) in [6.07, 6.45) is 1.49. The summed E-state index contributed by atoms with van der Waals surface area (Å²) in [5, 5.41) is 7.00. The molecule has 2 aromatic carbocycles. The molecule has 1 fully saturated rings. The quantitative estimate of drug-likeness (QED) is 0.747. The Bertz CT molecular complexity index is 840. The molecule has 2 amide bonds. The van der Waals surface area contributed by atoms with Gasteiger partial charge in [0.1, 0.15) is 0 Å². The van der Waals surface area contributed by atoms with Crippen LogP contribution in [0.4, 0.5) is 11.4 Å². The van der Waals surface area contributed by atoms with Crippen LogP contribution in [0, 0.1) is 0 Å². The summed E-state index contributed by atoms with van der Waals surface area (Å²) in [6.45, 7) is 2.86. The fraction of sp³-hybridized carbons (Fsp3) is 0.300. The van der Waals surface area contributed by atoms with E-state index in [1.165, 1.54) is 0 Å². The highest BCUT2D eigenvalue weighted by Crippen LogP contribution is 2.25. The lowest BCUT2D eigenvalue weighted by Crippen LogP contribution is -2.30. The van der Waals surface area contributed by atoms with Crippen molar-refractivity contribution in [2.45, 2.75) is 25.8 Å². The van der Waals surface area contributed by atoms with E-state index in [1.54, 1.807) is 29.2 Å². The van der Waals surface area contributed by atoms with Crippen LogP contribution in [0.3, 0.4) is 0 Å². The third-order valence-electron chi connectivity index (χ3n) is 4.55. The van der Waals surface area contributed by atoms with Crippen LogP contribution in [0.5, 0.6) is 0 Å². The van der Waals surface area contributed by atoms with E-state index in [1.807, 2.05) is 25.1 Å². The number of nitrogens with one attached hydrogen (secondary N) is 2. The number of amides is 2. The lowest BCUT2D eigenvalue weighted by molar-refractivity contribution is -0.117. The summed E-state index contributed by atoms with van der Waals surface area (Å²) in [6, 6.07) is 12.7. The minimum atomic E-state index is -0.146. The summed E-state index contributed by atoms with van der Waals surface area (Å²) in [7, 11) is 0. The Morgan fingerprint density at radius 3 is 2.52 bits per heavy atom. The van der Waals surface area contributed by atoms with Crippen molar-refractivity contribution in [3.05, 3.63) is 58.1 Å². The zero-order valence-electron chi connectivity index (χ0n) is 15.0. The van der Waals surface area contributed by atoms with Gasteiger partial charge in [0.2, 0.25) is 11.8 Å². The van der Waals surface area contributed by atoms with Gasteiger partial charge in [-0.25, -0.2) is 0 Å². The minimum absolute atomic E-state index is 0.0472. The highest BCUT2D eigenvalue weighted by Gasteiger charge is 2.21. The van der Waals surface area contributed by atoms with E-state index < -0.39 is 0 Å². The fourth-order valence-electron chi connectivity index (χ4n) is 3.00. The summed E-state index contributed by atoms with van der Waals surface area (Å²) < 4.78 is 0. The van der Waals surface area contributed by atoms with Crippen LogP contribution >= 0.6 is 23.2 Å². The molecule has 7 heteroatoms. The summed E-state index contributed by atoms with van der Waals surface area (Å²) in [5.74, 6) is -0.000754. The van der Waals surface area contributed by atoms with Crippen molar-refractivity contribution in [2.24, 2.45) is 0 Å². The van der Waals surface area contributed by atoms with Crippen molar-refractivity contribution in [3.63, 3.8) is 0 Å². The predicted octanol–water partition coefficient (Wildman–Crippen LogP) is 4.41. The van der Waals surface area contributed by atoms with Crippen LogP contribution in [0.25, 0.3) is 0 Å². The molecule has 27 heavy (non-hydrogen) atoms. The summed E-state index contributed by atoms with van der Waals surface area (Å²) >= 11 is 12.0. The molecule has 142 valence electrons. The molecule has 0 saturated carbocycles. The van der Waals surface area contributed by atoms with Gasteiger partial charge in [-0.2, -0.15) is 0 Å². The Morgan fingerprint density at radius 1 is 1.15 bits per heavy atom. The van der Waals surface area contributed by atoms with Crippen molar-refractivity contribution in [2.75, 3.05) is 23.3 Å². The molecule has 3 rings (SSSR count). The second-order valence-electron chi connectivity index (χ2n) is 6.52. The third kappa shape index (κ3) is 5.01. The second-order valence-corrected chi connectivity index (χ2v) is 7.33. The van der Waals surface area contributed by atoms with Gasteiger partial charge >= 0.3 is 0 Å². The van der Waals surface area contributed by atoms with E-state index in [-0.39, 0.29) is 24.4 Å². The van der Waals surface area contributed by atoms with Crippen molar-refractivity contribution < 1.29 is 9.59 Å². The maximum Gasteiger partial charge on any atom is 0.238 e. The molecule has 0 unspecified atom stereocenters. The second kappa shape index (κ2) is 8.74. The average molecular weight is 406 g/mol. The number of halogens is 2. The molecule has 1 heterocycles. The smallest absolute Gasteiger partial charge is 0.238 e. The number of hydrogen-bond donors (Lipinski definition) is 2. The van der Waals surface area contributed by atoms with Gasteiger partial charge in [0.05, 0.1) is 16.6 Å². The van der Waals surface area contributed by atoms with Gasteiger partial charge in [-0.3, -0.25) is 9.59 Å². The van der Waals surface area contributed by atoms with Gasteiger partial charge in [-0.15, -0.1) is 0 Å². The summed E-state index contributed by atoms with van der Waals surface area (Å²) in [5.41, 5.74) is 2.51. The molecule has 0 bridgehead atoms. The first-order valence-electron chi connectivity index (χ1n) is 8.82. The molecule has 2 N–H and O–H groups in total. The molecule has 0 aliphatic carbocycles. The Labute approximate surface area is 168 Å². The Kier molecular flexibility index (Phi) is 6.37. The molecule has 0 spiro atoms. The number of rotatable bonds is 6. The van der Waals surface area contributed by atoms with Crippen LogP contribution in [-0.4, -0.2) is 24.9 Å². The molecule has 1 aliphatic heterocycles. The highest BCUT2D eigenvalue weighted by molar-refractivity contribution is 6.42. The van der Waals surface area contributed by atoms with Gasteiger partial charge in [0.15, 0.2) is 0 Å². The average Bonchev–Trinajstić information content (AvgIpc) is 3.08. The molecule has 1 atom stereocenters. The first kappa shape index (κ1) is 19.7. The van der Waals surface area contributed by atoms with E-state index in [4.69, 9.17) is 23.2 Å². The number of carbonyl (C=O) groups excluding carboxylic acids is 2. The zero-order chi connectivity index (χ0) is 19.4. The van der Waals surface area contributed by atoms with E-state index >= 15 is 0 Å². The van der Waals surface area contributed by atoms with Crippen molar-refractivity contribution in [1.82, 2.24) is 5.32 Å². The molecule has 2 aromatic rings.